The second-order valence-electron chi connectivity index (χ2n) is 12.9. The van der Waals surface area contributed by atoms with Crippen LogP contribution in [0.2, 0.25) is 0 Å². The first-order valence-electron chi connectivity index (χ1n) is 17.6. The molecule has 0 amide bonds. The number of hydrogen-bond donors (Lipinski definition) is 0. The van der Waals surface area contributed by atoms with Gasteiger partial charge in [-0.15, -0.1) is 0 Å². The van der Waals surface area contributed by atoms with Crippen molar-refractivity contribution in [3.8, 4) is 0 Å². The van der Waals surface area contributed by atoms with Crippen LogP contribution in [0.15, 0.2) is 24.3 Å². The van der Waals surface area contributed by atoms with Crippen molar-refractivity contribution in [2.24, 2.45) is 0 Å². The zero-order chi connectivity index (χ0) is 32.8. The average Bonchev–Trinajstić information content (AvgIpc) is 2.96. The van der Waals surface area contributed by atoms with Gasteiger partial charge in [-0.3, -0.25) is 9.36 Å². The summed E-state index contributed by atoms with van der Waals surface area (Å²) in [5.74, 6) is -0.347. The highest BCUT2D eigenvalue weighted by atomic mass is 31.2. The van der Waals surface area contributed by atoms with E-state index in [-0.39, 0.29) is 25.8 Å². The summed E-state index contributed by atoms with van der Waals surface area (Å²) in [4.78, 5) is 24.7. The van der Waals surface area contributed by atoms with E-state index in [1.165, 1.54) is 64.2 Å². The molecule has 260 valence electrons. The van der Waals surface area contributed by atoms with Gasteiger partial charge in [-0.2, -0.15) is 0 Å². The zero-order valence-corrected chi connectivity index (χ0v) is 30.0. The van der Waals surface area contributed by atoms with Crippen molar-refractivity contribution >= 4 is 13.8 Å². The topological polar surface area (TPSA) is 94.1 Å². The molecular weight excluding hydrogens is 577 g/mol. The highest BCUT2D eigenvalue weighted by Gasteiger charge is 2.20. The molecule has 0 radical (unpaired) electrons. The van der Waals surface area contributed by atoms with Gasteiger partial charge in [-0.25, -0.2) is 0 Å². The lowest BCUT2D eigenvalue weighted by Crippen LogP contribution is -2.37. The Bertz CT molecular complexity index is 767. The maximum atomic E-state index is 12.5. The van der Waals surface area contributed by atoms with Crippen molar-refractivity contribution in [2.75, 3.05) is 54.1 Å². The van der Waals surface area contributed by atoms with Crippen LogP contribution in [-0.2, 0) is 27.9 Å². The van der Waals surface area contributed by atoms with Crippen LogP contribution in [-0.4, -0.2) is 70.7 Å². The first-order valence-corrected chi connectivity index (χ1v) is 19.0. The van der Waals surface area contributed by atoms with E-state index in [0.717, 1.165) is 51.4 Å². The van der Waals surface area contributed by atoms with Gasteiger partial charge in [-0.05, 0) is 38.5 Å². The molecular formula is C35H68NO7P. The molecule has 8 nitrogen and oxygen atoms in total. The van der Waals surface area contributed by atoms with Crippen molar-refractivity contribution in [1.82, 2.24) is 0 Å². The Morgan fingerprint density at radius 2 is 1.27 bits per heavy atom. The fourth-order valence-electron chi connectivity index (χ4n) is 4.44. The molecule has 2 unspecified atom stereocenters. The molecule has 0 aromatic heterocycles. The monoisotopic (exact) mass is 645 g/mol. The Hall–Kier alpha value is -1.02. The molecule has 0 aromatic carbocycles. The number of carbonyl (C=O) groups is 1. The zero-order valence-electron chi connectivity index (χ0n) is 29.1. The first-order chi connectivity index (χ1) is 21.1. The van der Waals surface area contributed by atoms with E-state index in [0.29, 0.717) is 24.1 Å². The van der Waals surface area contributed by atoms with Crippen LogP contribution in [0.4, 0.5) is 0 Å². The van der Waals surface area contributed by atoms with E-state index >= 15 is 0 Å². The Morgan fingerprint density at radius 1 is 0.705 bits per heavy atom. The largest absolute Gasteiger partial charge is 0.756 e. The van der Waals surface area contributed by atoms with Gasteiger partial charge in [-0.1, -0.05) is 115 Å². The number of phosphoric ester groups is 1. The molecule has 0 rings (SSSR count). The third-order valence-corrected chi connectivity index (χ3v) is 8.22. The van der Waals surface area contributed by atoms with Gasteiger partial charge in [0.05, 0.1) is 34.4 Å². The summed E-state index contributed by atoms with van der Waals surface area (Å²) in [6.45, 7) is 5.29. The van der Waals surface area contributed by atoms with E-state index in [4.69, 9.17) is 18.5 Å². The van der Waals surface area contributed by atoms with E-state index in [1.54, 1.807) is 0 Å². The van der Waals surface area contributed by atoms with Gasteiger partial charge < -0.3 is 27.9 Å². The van der Waals surface area contributed by atoms with E-state index in [1.807, 2.05) is 21.1 Å². The number of quaternary nitrogens is 1. The van der Waals surface area contributed by atoms with Crippen molar-refractivity contribution in [1.29, 1.82) is 0 Å². The Balaban J connectivity index is 4.28. The highest BCUT2D eigenvalue weighted by molar-refractivity contribution is 7.45. The summed E-state index contributed by atoms with van der Waals surface area (Å²) in [5.41, 5.74) is 0. The lowest BCUT2D eigenvalue weighted by molar-refractivity contribution is -0.870. The normalized spacial score (nSPS) is 14.4. The van der Waals surface area contributed by atoms with Gasteiger partial charge >= 0.3 is 5.97 Å². The Labute approximate surface area is 271 Å². The Morgan fingerprint density at radius 3 is 1.91 bits per heavy atom. The molecule has 0 aliphatic heterocycles. The molecule has 0 aromatic rings. The number of likely N-dealkylation sites (N-methyl/N-ethyl adjacent to an activating group) is 1. The standard InChI is InChI=1S/C35H68NO7P/c1-6-8-10-12-14-15-16-17-18-19-20-21-23-25-27-30-40-32-34(33-42-44(38,39)41-31-29-36(3,4)5)43-35(37)28-26-24-22-13-11-9-7-2/h12,14,16-17,34H,6-11,13,15,18-33H2,1-5H3/b14-12-,17-16-. The number of ether oxygens (including phenoxy) is 2. The molecule has 9 heteroatoms. The second kappa shape index (κ2) is 29.4. The van der Waals surface area contributed by atoms with Crippen LogP contribution in [0.1, 0.15) is 136 Å². The first kappa shape index (κ1) is 43.0. The van der Waals surface area contributed by atoms with E-state index in [9.17, 15) is 14.3 Å². The second-order valence-corrected chi connectivity index (χ2v) is 14.3. The molecule has 0 fully saturated rings. The van der Waals surface area contributed by atoms with Crippen LogP contribution in [0.3, 0.4) is 0 Å². The van der Waals surface area contributed by atoms with Crippen molar-refractivity contribution < 1.29 is 37.3 Å². The van der Waals surface area contributed by atoms with E-state index in [2.05, 4.69) is 38.2 Å². The molecule has 0 bridgehead atoms. The van der Waals surface area contributed by atoms with Crippen LogP contribution < -0.4 is 4.89 Å². The SMILES string of the molecule is CCCC/C=C\C/C=C\CCCCCCCCOCC(COP(=O)([O-])OCC[N+](C)(C)C)OC(=O)CCCCCCCCC. The summed E-state index contributed by atoms with van der Waals surface area (Å²) in [6.07, 6.45) is 29.1. The van der Waals surface area contributed by atoms with Crippen molar-refractivity contribution in [3.63, 3.8) is 0 Å². The molecule has 0 aliphatic rings. The third kappa shape index (κ3) is 32.4. The quantitative estimate of drug-likeness (QED) is 0.0238. The maximum Gasteiger partial charge on any atom is 0.306 e. The molecule has 0 N–H and O–H groups in total. The predicted octanol–water partition coefficient (Wildman–Crippen LogP) is 8.69. The van der Waals surface area contributed by atoms with Gasteiger partial charge in [0.25, 0.3) is 7.82 Å². The van der Waals surface area contributed by atoms with Crippen molar-refractivity contribution in [2.45, 2.75) is 142 Å². The van der Waals surface area contributed by atoms with Crippen LogP contribution in [0.25, 0.3) is 0 Å². The number of phosphoric acid groups is 1. The number of esters is 1. The summed E-state index contributed by atoms with van der Waals surface area (Å²) >= 11 is 0. The molecule has 0 saturated heterocycles. The molecule has 0 heterocycles. The molecule has 0 saturated carbocycles. The van der Waals surface area contributed by atoms with E-state index < -0.39 is 13.9 Å². The third-order valence-electron chi connectivity index (χ3n) is 7.26. The van der Waals surface area contributed by atoms with Gasteiger partial charge in [0.2, 0.25) is 0 Å². The fourth-order valence-corrected chi connectivity index (χ4v) is 5.17. The molecule has 0 spiro atoms. The average molecular weight is 646 g/mol. The smallest absolute Gasteiger partial charge is 0.306 e. The number of unbranched alkanes of at least 4 members (excludes halogenated alkanes) is 14. The van der Waals surface area contributed by atoms with Gasteiger partial charge in [0, 0.05) is 13.0 Å². The lowest BCUT2D eigenvalue weighted by Gasteiger charge is -2.28. The minimum absolute atomic E-state index is 0.0248. The molecule has 44 heavy (non-hydrogen) atoms. The van der Waals surface area contributed by atoms with Gasteiger partial charge in [0.1, 0.15) is 19.3 Å². The predicted molar refractivity (Wildman–Crippen MR) is 180 cm³/mol. The summed E-state index contributed by atoms with van der Waals surface area (Å²) in [5, 5.41) is 0. The number of carbonyl (C=O) groups excluding carboxylic acids is 1. The maximum absolute atomic E-state index is 12.5. The minimum atomic E-state index is -4.51. The highest BCUT2D eigenvalue weighted by Crippen LogP contribution is 2.38. The number of allylic oxidation sites excluding steroid dienone is 4. The summed E-state index contributed by atoms with van der Waals surface area (Å²) < 4.78 is 34.2. The Kier molecular flexibility index (Phi) is 28.7. The summed E-state index contributed by atoms with van der Waals surface area (Å²) in [7, 11) is 1.35. The fraction of sp³-hybridized carbons (Fsp3) is 0.857. The van der Waals surface area contributed by atoms with Gasteiger partial charge in [0.15, 0.2) is 0 Å². The number of hydrogen-bond acceptors (Lipinski definition) is 7. The van der Waals surface area contributed by atoms with Crippen LogP contribution in [0.5, 0.6) is 0 Å². The molecule has 0 aliphatic carbocycles. The van der Waals surface area contributed by atoms with Crippen molar-refractivity contribution in [3.05, 3.63) is 24.3 Å². The molecule has 2 atom stereocenters. The minimum Gasteiger partial charge on any atom is -0.756 e. The number of nitrogens with zero attached hydrogens (tertiary/aromatic N) is 1. The lowest BCUT2D eigenvalue weighted by atomic mass is 10.1. The van der Waals surface area contributed by atoms with Crippen LogP contribution >= 0.6 is 7.82 Å². The van der Waals surface area contributed by atoms with Crippen LogP contribution in [0, 0.1) is 0 Å². The summed E-state index contributed by atoms with van der Waals surface area (Å²) in [6, 6.07) is 0. The number of rotatable bonds is 32.